The van der Waals surface area contributed by atoms with Crippen molar-refractivity contribution in [1.82, 2.24) is 4.90 Å². The molecule has 0 saturated heterocycles. The maximum atomic E-state index is 4.86. The van der Waals surface area contributed by atoms with E-state index in [1.165, 1.54) is 76.6 Å². The molecule has 3 aliphatic rings. The van der Waals surface area contributed by atoms with Crippen LogP contribution in [0.5, 0.6) is 0 Å². The standard InChI is InChI=1S/C15H26N2.ClH/c1-3-7-13(8-4-1)15-16-11-12-17(15)14-9-5-2-6-10-14;/h13-14H,1-12H2;1H. The molecular formula is C15H27ClN2. The van der Waals surface area contributed by atoms with Gasteiger partial charge in [-0.05, 0) is 25.7 Å². The fourth-order valence-electron chi connectivity index (χ4n) is 3.96. The van der Waals surface area contributed by atoms with Gasteiger partial charge in [0.05, 0.1) is 6.54 Å². The quantitative estimate of drug-likeness (QED) is 0.740. The molecule has 0 amide bonds. The summed E-state index contributed by atoms with van der Waals surface area (Å²) < 4.78 is 0. The maximum absolute atomic E-state index is 4.86. The molecule has 0 unspecified atom stereocenters. The highest BCUT2D eigenvalue weighted by atomic mass is 35.5. The van der Waals surface area contributed by atoms with Gasteiger partial charge in [0.2, 0.25) is 0 Å². The van der Waals surface area contributed by atoms with Crippen molar-refractivity contribution >= 4 is 18.2 Å². The first-order chi connectivity index (χ1) is 8.45. The summed E-state index contributed by atoms with van der Waals surface area (Å²) in [6, 6.07) is 0.840. The van der Waals surface area contributed by atoms with Crippen LogP contribution in [0.4, 0.5) is 0 Å². The lowest BCUT2D eigenvalue weighted by Crippen LogP contribution is -2.42. The second kappa shape index (κ2) is 6.79. The van der Waals surface area contributed by atoms with Crippen LogP contribution in [-0.4, -0.2) is 29.9 Å². The zero-order valence-corrected chi connectivity index (χ0v) is 12.3. The van der Waals surface area contributed by atoms with Crippen molar-refractivity contribution in [2.45, 2.75) is 70.3 Å². The van der Waals surface area contributed by atoms with Crippen molar-refractivity contribution in [2.24, 2.45) is 10.9 Å². The molecule has 3 heteroatoms. The van der Waals surface area contributed by atoms with Crippen LogP contribution in [0.3, 0.4) is 0 Å². The van der Waals surface area contributed by atoms with Crippen molar-refractivity contribution in [3.05, 3.63) is 0 Å². The average molecular weight is 271 g/mol. The SMILES string of the molecule is C1CCC(C2=NCCN2C2CCCCC2)CC1.Cl. The lowest BCUT2D eigenvalue weighted by molar-refractivity contribution is 0.245. The molecule has 2 saturated carbocycles. The third-order valence-electron chi connectivity index (χ3n) is 4.89. The second-order valence-electron chi connectivity index (χ2n) is 6.06. The van der Waals surface area contributed by atoms with Crippen LogP contribution in [0.2, 0.25) is 0 Å². The normalized spacial score (nSPS) is 26.9. The lowest BCUT2D eigenvalue weighted by Gasteiger charge is -2.37. The van der Waals surface area contributed by atoms with Gasteiger partial charge in [-0.15, -0.1) is 12.4 Å². The van der Waals surface area contributed by atoms with Crippen LogP contribution in [0.15, 0.2) is 4.99 Å². The van der Waals surface area contributed by atoms with Crippen LogP contribution < -0.4 is 0 Å². The molecule has 2 fully saturated rings. The van der Waals surface area contributed by atoms with E-state index in [0.29, 0.717) is 0 Å². The van der Waals surface area contributed by atoms with Crippen LogP contribution >= 0.6 is 12.4 Å². The molecular weight excluding hydrogens is 244 g/mol. The number of amidine groups is 1. The average Bonchev–Trinajstić information content (AvgIpc) is 2.90. The van der Waals surface area contributed by atoms with Gasteiger partial charge in [0.25, 0.3) is 0 Å². The van der Waals surface area contributed by atoms with Gasteiger partial charge < -0.3 is 4.90 Å². The largest absolute Gasteiger partial charge is 0.355 e. The van der Waals surface area contributed by atoms with Crippen molar-refractivity contribution in [3.63, 3.8) is 0 Å². The Morgan fingerprint density at radius 2 is 1.44 bits per heavy atom. The van der Waals surface area contributed by atoms with Crippen molar-refractivity contribution in [3.8, 4) is 0 Å². The molecule has 0 aromatic heterocycles. The summed E-state index contributed by atoms with van der Waals surface area (Å²) in [6.07, 6.45) is 14.3. The highest BCUT2D eigenvalue weighted by molar-refractivity contribution is 5.86. The molecule has 0 aromatic rings. The minimum Gasteiger partial charge on any atom is -0.355 e. The topological polar surface area (TPSA) is 15.6 Å². The Bertz CT molecular complexity index is 278. The van der Waals surface area contributed by atoms with E-state index in [1.807, 2.05) is 0 Å². The Kier molecular flexibility index (Phi) is 5.35. The summed E-state index contributed by atoms with van der Waals surface area (Å²) in [5.41, 5.74) is 0. The number of hydrogen-bond acceptors (Lipinski definition) is 2. The fraction of sp³-hybridized carbons (Fsp3) is 0.933. The molecule has 2 nitrogen and oxygen atoms in total. The monoisotopic (exact) mass is 270 g/mol. The van der Waals surface area contributed by atoms with E-state index in [-0.39, 0.29) is 12.4 Å². The zero-order chi connectivity index (χ0) is 11.5. The van der Waals surface area contributed by atoms with Crippen LogP contribution in [-0.2, 0) is 0 Å². The third kappa shape index (κ3) is 3.01. The minimum atomic E-state index is 0. The predicted molar refractivity (Wildman–Crippen MR) is 79.7 cm³/mol. The number of rotatable bonds is 2. The summed E-state index contributed by atoms with van der Waals surface area (Å²) in [5.74, 6) is 2.32. The first-order valence-corrected chi connectivity index (χ1v) is 7.76. The molecule has 18 heavy (non-hydrogen) atoms. The molecule has 2 aliphatic carbocycles. The molecule has 0 atom stereocenters. The minimum absolute atomic E-state index is 0. The number of aliphatic imine (C=N–C) groups is 1. The summed E-state index contributed by atoms with van der Waals surface area (Å²) in [6.45, 7) is 2.29. The van der Waals surface area contributed by atoms with Gasteiger partial charge in [0, 0.05) is 18.5 Å². The van der Waals surface area contributed by atoms with E-state index >= 15 is 0 Å². The Hall–Kier alpha value is -0.240. The van der Waals surface area contributed by atoms with Gasteiger partial charge in [-0.2, -0.15) is 0 Å². The van der Waals surface area contributed by atoms with Crippen LogP contribution in [0, 0.1) is 5.92 Å². The Morgan fingerprint density at radius 1 is 0.833 bits per heavy atom. The molecule has 104 valence electrons. The summed E-state index contributed by atoms with van der Waals surface area (Å²) in [4.78, 5) is 7.56. The van der Waals surface area contributed by atoms with Gasteiger partial charge in [-0.1, -0.05) is 38.5 Å². The zero-order valence-electron chi connectivity index (χ0n) is 11.4. The van der Waals surface area contributed by atoms with Crippen LogP contribution in [0.1, 0.15) is 64.2 Å². The van der Waals surface area contributed by atoms with Gasteiger partial charge in [0.15, 0.2) is 0 Å². The molecule has 1 heterocycles. The predicted octanol–water partition coefficient (Wildman–Crippen LogP) is 4.04. The van der Waals surface area contributed by atoms with E-state index in [1.54, 1.807) is 0 Å². The smallest absolute Gasteiger partial charge is 0.102 e. The van der Waals surface area contributed by atoms with Crippen molar-refractivity contribution in [1.29, 1.82) is 0 Å². The maximum Gasteiger partial charge on any atom is 0.102 e. The first-order valence-electron chi connectivity index (χ1n) is 7.76. The molecule has 0 bridgehead atoms. The Labute approximate surface area is 118 Å². The molecule has 0 spiro atoms. The molecule has 0 N–H and O–H groups in total. The first kappa shape index (κ1) is 14.2. The fourth-order valence-corrected chi connectivity index (χ4v) is 3.96. The molecule has 3 rings (SSSR count). The lowest BCUT2D eigenvalue weighted by atomic mass is 9.86. The summed E-state index contributed by atoms with van der Waals surface area (Å²) >= 11 is 0. The van der Waals surface area contributed by atoms with E-state index < -0.39 is 0 Å². The highest BCUT2D eigenvalue weighted by Crippen LogP contribution is 2.31. The van der Waals surface area contributed by atoms with E-state index in [4.69, 9.17) is 4.99 Å². The molecule has 0 aromatic carbocycles. The van der Waals surface area contributed by atoms with Gasteiger partial charge in [-0.25, -0.2) is 0 Å². The Morgan fingerprint density at radius 3 is 2.11 bits per heavy atom. The van der Waals surface area contributed by atoms with E-state index in [2.05, 4.69) is 4.90 Å². The van der Waals surface area contributed by atoms with Crippen molar-refractivity contribution in [2.75, 3.05) is 13.1 Å². The summed E-state index contributed by atoms with van der Waals surface area (Å²) in [7, 11) is 0. The molecule has 0 radical (unpaired) electrons. The van der Waals surface area contributed by atoms with E-state index in [0.717, 1.165) is 18.5 Å². The number of halogens is 1. The van der Waals surface area contributed by atoms with Gasteiger partial charge >= 0.3 is 0 Å². The number of nitrogens with zero attached hydrogens (tertiary/aromatic N) is 2. The van der Waals surface area contributed by atoms with Gasteiger partial charge in [0.1, 0.15) is 5.84 Å². The number of hydrogen-bond donors (Lipinski definition) is 0. The van der Waals surface area contributed by atoms with Crippen LogP contribution in [0.25, 0.3) is 0 Å². The third-order valence-corrected chi connectivity index (χ3v) is 4.89. The van der Waals surface area contributed by atoms with E-state index in [9.17, 15) is 0 Å². The highest BCUT2D eigenvalue weighted by Gasteiger charge is 2.31. The van der Waals surface area contributed by atoms with Gasteiger partial charge in [-0.3, -0.25) is 4.99 Å². The molecule has 1 aliphatic heterocycles. The van der Waals surface area contributed by atoms with Crippen molar-refractivity contribution < 1.29 is 0 Å². The Balaban J connectivity index is 0.00000120. The second-order valence-corrected chi connectivity index (χ2v) is 6.06. The summed E-state index contributed by atoms with van der Waals surface area (Å²) in [5, 5.41) is 0.